The van der Waals surface area contributed by atoms with Gasteiger partial charge in [0, 0.05) is 0 Å². The van der Waals surface area contributed by atoms with Gasteiger partial charge in [-0.2, -0.15) is 0 Å². The topological polar surface area (TPSA) is 63.6 Å². The highest BCUT2D eigenvalue weighted by atomic mass is 32.2. The van der Waals surface area contributed by atoms with Crippen molar-refractivity contribution in [3.05, 3.63) is 29.6 Å². The number of sulfone groups is 1. The summed E-state index contributed by atoms with van der Waals surface area (Å²) in [7, 11) is -3.19. The zero-order chi connectivity index (χ0) is 14.6. The molecule has 19 heavy (non-hydrogen) atoms. The molecule has 0 fully saturated rings. The average molecular weight is 290 g/mol. The van der Waals surface area contributed by atoms with Crippen LogP contribution < -0.4 is 4.74 Å². The van der Waals surface area contributed by atoms with E-state index in [0.29, 0.717) is 5.56 Å². The van der Waals surface area contributed by atoms with Crippen molar-refractivity contribution in [1.82, 2.24) is 0 Å². The van der Waals surface area contributed by atoms with Crippen LogP contribution >= 0.6 is 0 Å². The normalized spacial score (nSPS) is 13.6. The minimum atomic E-state index is -3.19. The second-order valence-electron chi connectivity index (χ2n) is 4.63. The first-order chi connectivity index (χ1) is 8.74. The number of aliphatic hydroxyl groups excluding tert-OH is 1. The van der Waals surface area contributed by atoms with Gasteiger partial charge in [-0.05, 0) is 38.5 Å². The maximum Gasteiger partial charge on any atom is 0.165 e. The fourth-order valence-corrected chi connectivity index (χ4v) is 2.18. The molecule has 108 valence electrons. The number of hydrogen-bond donors (Lipinski definition) is 1. The summed E-state index contributed by atoms with van der Waals surface area (Å²) >= 11 is 0. The van der Waals surface area contributed by atoms with E-state index < -0.39 is 27.0 Å². The van der Waals surface area contributed by atoms with Crippen molar-refractivity contribution in [2.24, 2.45) is 0 Å². The molecule has 1 aromatic rings. The summed E-state index contributed by atoms with van der Waals surface area (Å²) < 4.78 is 41.8. The monoisotopic (exact) mass is 290 g/mol. The lowest BCUT2D eigenvalue weighted by Gasteiger charge is -2.11. The van der Waals surface area contributed by atoms with Crippen molar-refractivity contribution in [2.45, 2.75) is 32.1 Å². The molecule has 0 saturated carbocycles. The van der Waals surface area contributed by atoms with Crippen molar-refractivity contribution >= 4 is 9.84 Å². The first kappa shape index (κ1) is 15.9. The molecular weight excluding hydrogens is 271 g/mol. The maximum absolute atomic E-state index is 13.6. The molecule has 1 atom stereocenters. The first-order valence-electron chi connectivity index (χ1n) is 6.06. The molecule has 0 unspecified atom stereocenters. The Morgan fingerprint density at radius 2 is 1.95 bits per heavy atom. The van der Waals surface area contributed by atoms with E-state index >= 15 is 0 Å². The fourth-order valence-electron chi connectivity index (χ4n) is 1.40. The largest absolute Gasteiger partial charge is 0.489 e. The van der Waals surface area contributed by atoms with Crippen LogP contribution in [0.15, 0.2) is 18.2 Å². The molecule has 0 spiro atoms. The molecule has 0 aliphatic rings. The SMILES string of the molecule is CC(C)S(=O)(=O)CCOc1ccc([C@H](C)O)cc1F. The zero-order valence-corrected chi connectivity index (χ0v) is 12.1. The Kier molecular flexibility index (Phi) is 5.31. The van der Waals surface area contributed by atoms with Gasteiger partial charge in [0.15, 0.2) is 21.4 Å². The minimum Gasteiger partial charge on any atom is -0.489 e. The van der Waals surface area contributed by atoms with Crippen LogP contribution in [0.3, 0.4) is 0 Å². The van der Waals surface area contributed by atoms with E-state index in [-0.39, 0.29) is 18.1 Å². The van der Waals surface area contributed by atoms with Crippen LogP contribution in [0.1, 0.15) is 32.4 Å². The van der Waals surface area contributed by atoms with Crippen molar-refractivity contribution in [1.29, 1.82) is 0 Å². The van der Waals surface area contributed by atoms with Crippen LogP contribution in [-0.2, 0) is 9.84 Å². The van der Waals surface area contributed by atoms with Crippen LogP contribution in [0.25, 0.3) is 0 Å². The lowest BCUT2D eigenvalue weighted by atomic mass is 10.1. The van der Waals surface area contributed by atoms with Crippen LogP contribution in [-0.4, -0.2) is 31.1 Å². The molecule has 0 bridgehead atoms. The number of ether oxygens (including phenoxy) is 1. The summed E-state index contributed by atoms with van der Waals surface area (Å²) in [5.41, 5.74) is 0.444. The minimum absolute atomic E-state index is 0.0108. The summed E-state index contributed by atoms with van der Waals surface area (Å²) in [6.45, 7) is 4.62. The molecule has 0 saturated heterocycles. The van der Waals surface area contributed by atoms with E-state index in [0.717, 1.165) is 0 Å². The van der Waals surface area contributed by atoms with Gasteiger partial charge in [0.05, 0.1) is 17.1 Å². The van der Waals surface area contributed by atoms with Crippen LogP contribution in [0.4, 0.5) is 4.39 Å². The maximum atomic E-state index is 13.6. The third-order valence-electron chi connectivity index (χ3n) is 2.78. The van der Waals surface area contributed by atoms with Gasteiger partial charge in [-0.1, -0.05) is 6.07 Å². The van der Waals surface area contributed by atoms with Crippen molar-refractivity contribution in [3.63, 3.8) is 0 Å². The Hall–Kier alpha value is -1.14. The highest BCUT2D eigenvalue weighted by molar-refractivity contribution is 7.91. The molecule has 6 heteroatoms. The molecule has 0 radical (unpaired) electrons. The number of hydrogen-bond acceptors (Lipinski definition) is 4. The lowest BCUT2D eigenvalue weighted by molar-refractivity contribution is 0.198. The predicted octanol–water partition coefficient (Wildman–Crippen LogP) is 2.08. The lowest BCUT2D eigenvalue weighted by Crippen LogP contribution is -2.22. The van der Waals surface area contributed by atoms with E-state index in [1.54, 1.807) is 19.9 Å². The van der Waals surface area contributed by atoms with Crippen LogP contribution in [0.2, 0.25) is 0 Å². The molecule has 0 aliphatic carbocycles. The standard InChI is InChI=1S/C13H19FO4S/c1-9(2)19(16,17)7-6-18-13-5-4-11(10(3)15)8-12(13)14/h4-5,8-10,15H,6-7H2,1-3H3/t10-/m0/s1. The van der Waals surface area contributed by atoms with Crippen molar-refractivity contribution in [3.8, 4) is 5.75 Å². The summed E-state index contributed by atoms with van der Waals surface area (Å²) in [6.07, 6.45) is -0.759. The van der Waals surface area contributed by atoms with Gasteiger partial charge in [0.1, 0.15) is 6.61 Å². The van der Waals surface area contributed by atoms with E-state index in [1.165, 1.54) is 19.1 Å². The average Bonchev–Trinajstić information content (AvgIpc) is 2.30. The van der Waals surface area contributed by atoms with Gasteiger partial charge in [0.2, 0.25) is 0 Å². The highest BCUT2D eigenvalue weighted by Crippen LogP contribution is 2.22. The molecule has 0 heterocycles. The Labute approximate surface area is 113 Å². The van der Waals surface area contributed by atoms with Crippen molar-refractivity contribution in [2.75, 3.05) is 12.4 Å². The van der Waals surface area contributed by atoms with E-state index in [1.807, 2.05) is 0 Å². The Morgan fingerprint density at radius 3 is 2.42 bits per heavy atom. The van der Waals surface area contributed by atoms with Crippen LogP contribution in [0, 0.1) is 5.82 Å². The Balaban J connectivity index is 2.65. The number of aliphatic hydroxyl groups is 1. The van der Waals surface area contributed by atoms with Gasteiger partial charge in [-0.25, -0.2) is 12.8 Å². The van der Waals surface area contributed by atoms with E-state index in [2.05, 4.69) is 0 Å². The first-order valence-corrected chi connectivity index (χ1v) is 7.77. The van der Waals surface area contributed by atoms with Crippen LogP contribution in [0.5, 0.6) is 5.75 Å². The second-order valence-corrected chi connectivity index (χ2v) is 7.31. The van der Waals surface area contributed by atoms with Gasteiger partial charge in [-0.15, -0.1) is 0 Å². The number of rotatable bonds is 6. The zero-order valence-electron chi connectivity index (χ0n) is 11.3. The van der Waals surface area contributed by atoms with E-state index in [4.69, 9.17) is 4.74 Å². The second kappa shape index (κ2) is 6.34. The predicted molar refractivity (Wildman–Crippen MR) is 71.5 cm³/mol. The Morgan fingerprint density at radius 1 is 1.32 bits per heavy atom. The quantitative estimate of drug-likeness (QED) is 0.871. The number of halogens is 1. The summed E-state index contributed by atoms with van der Waals surface area (Å²) in [4.78, 5) is 0. The molecule has 0 aliphatic heterocycles. The summed E-state index contributed by atoms with van der Waals surface area (Å²) in [5, 5.41) is 8.82. The molecule has 0 amide bonds. The summed E-state index contributed by atoms with van der Waals surface area (Å²) in [5.74, 6) is -0.772. The number of benzene rings is 1. The Bertz CT molecular complexity index is 523. The molecule has 4 nitrogen and oxygen atoms in total. The molecular formula is C13H19FO4S. The summed E-state index contributed by atoms with van der Waals surface area (Å²) in [6, 6.07) is 4.11. The van der Waals surface area contributed by atoms with Gasteiger partial charge >= 0.3 is 0 Å². The fraction of sp³-hybridized carbons (Fsp3) is 0.538. The highest BCUT2D eigenvalue weighted by Gasteiger charge is 2.16. The molecule has 0 aromatic heterocycles. The van der Waals surface area contributed by atoms with Gasteiger partial charge in [-0.3, -0.25) is 0 Å². The smallest absolute Gasteiger partial charge is 0.165 e. The van der Waals surface area contributed by atoms with Gasteiger partial charge < -0.3 is 9.84 Å². The molecule has 1 N–H and O–H groups in total. The third-order valence-corrected chi connectivity index (χ3v) is 4.95. The van der Waals surface area contributed by atoms with Crippen molar-refractivity contribution < 1.29 is 22.7 Å². The molecule has 1 aromatic carbocycles. The van der Waals surface area contributed by atoms with Gasteiger partial charge in [0.25, 0.3) is 0 Å². The third kappa shape index (κ3) is 4.47. The molecule has 1 rings (SSSR count). The van der Waals surface area contributed by atoms with E-state index in [9.17, 15) is 17.9 Å².